The molecule has 39 heavy (non-hydrogen) atoms. The lowest BCUT2D eigenvalue weighted by Gasteiger charge is -2.26. The van der Waals surface area contributed by atoms with Crippen molar-refractivity contribution in [3.05, 3.63) is 102 Å². The summed E-state index contributed by atoms with van der Waals surface area (Å²) in [4.78, 5) is 11.3. The number of hydrogen-bond donors (Lipinski definition) is 1. The highest BCUT2D eigenvalue weighted by molar-refractivity contribution is 7.90. The van der Waals surface area contributed by atoms with Crippen molar-refractivity contribution in [2.24, 2.45) is 15.9 Å². The van der Waals surface area contributed by atoms with Gasteiger partial charge in [0.25, 0.3) is 0 Å². The van der Waals surface area contributed by atoms with E-state index >= 15 is 0 Å². The molecule has 3 heterocycles. The van der Waals surface area contributed by atoms with Gasteiger partial charge in [-0.25, -0.2) is 12.8 Å². The Morgan fingerprint density at radius 1 is 1.18 bits per heavy atom. The van der Waals surface area contributed by atoms with Crippen molar-refractivity contribution in [1.29, 1.82) is 0 Å². The third-order valence-electron chi connectivity index (χ3n) is 6.20. The maximum Gasteiger partial charge on any atom is 0.203 e. The zero-order valence-corrected chi connectivity index (χ0v) is 22.3. The van der Waals surface area contributed by atoms with E-state index in [0.29, 0.717) is 31.3 Å². The number of ether oxygens (including phenoxy) is 1. The Morgan fingerprint density at radius 2 is 2.03 bits per heavy atom. The maximum absolute atomic E-state index is 13.4. The zero-order valence-electron chi connectivity index (χ0n) is 21.5. The minimum absolute atomic E-state index is 0.0229. The Labute approximate surface area is 227 Å². The smallest absolute Gasteiger partial charge is 0.203 e. The molecule has 10 heteroatoms. The Kier molecular flexibility index (Phi) is 8.04. The molecule has 0 saturated heterocycles. The van der Waals surface area contributed by atoms with Crippen molar-refractivity contribution >= 4 is 33.3 Å². The van der Waals surface area contributed by atoms with E-state index in [-0.39, 0.29) is 24.1 Å². The summed E-state index contributed by atoms with van der Waals surface area (Å²) in [6.45, 7) is 1.64. The van der Waals surface area contributed by atoms with Gasteiger partial charge in [-0.1, -0.05) is 18.2 Å². The molecule has 0 aliphatic carbocycles. The normalized spacial score (nSPS) is 17.8. The molecule has 0 amide bonds. The summed E-state index contributed by atoms with van der Waals surface area (Å²) >= 11 is 0. The number of furan rings is 1. The van der Waals surface area contributed by atoms with Gasteiger partial charge in [0.1, 0.15) is 28.0 Å². The monoisotopic (exact) mass is 548 g/mol. The van der Waals surface area contributed by atoms with E-state index in [1.807, 2.05) is 66.0 Å². The second-order valence-corrected chi connectivity index (χ2v) is 11.7. The van der Waals surface area contributed by atoms with E-state index in [2.05, 4.69) is 10.3 Å². The summed E-state index contributed by atoms with van der Waals surface area (Å²) < 4.78 is 47.5. The van der Waals surface area contributed by atoms with Gasteiger partial charge in [0, 0.05) is 61.1 Å². The van der Waals surface area contributed by atoms with Gasteiger partial charge in [0.2, 0.25) is 5.88 Å². The van der Waals surface area contributed by atoms with E-state index in [9.17, 15) is 12.8 Å². The number of rotatable bonds is 10. The number of benzene rings is 2. The van der Waals surface area contributed by atoms with E-state index in [1.54, 1.807) is 12.3 Å². The number of aliphatic imine (C=N–C) groups is 2. The van der Waals surface area contributed by atoms with Gasteiger partial charge in [-0.2, -0.15) is 0 Å². The number of hydrogen-bond acceptors (Lipinski definition) is 8. The fourth-order valence-electron chi connectivity index (χ4n) is 4.19. The Hall–Kier alpha value is -4.02. The molecule has 2 aromatic carbocycles. The lowest BCUT2D eigenvalue weighted by molar-refractivity contribution is 0.305. The van der Waals surface area contributed by atoms with E-state index in [0.717, 1.165) is 28.1 Å². The summed E-state index contributed by atoms with van der Waals surface area (Å²) in [5, 5.41) is 3.12. The minimum atomic E-state index is -3.00. The Bertz CT molecular complexity index is 1540. The van der Waals surface area contributed by atoms with Gasteiger partial charge >= 0.3 is 0 Å². The molecule has 3 aromatic rings. The van der Waals surface area contributed by atoms with Crippen LogP contribution < -0.4 is 15.0 Å². The molecule has 1 N–H and O–H groups in total. The van der Waals surface area contributed by atoms with Crippen LogP contribution >= 0.6 is 0 Å². The van der Waals surface area contributed by atoms with Gasteiger partial charge in [0.05, 0.1) is 30.0 Å². The molecule has 2 aliphatic heterocycles. The zero-order chi connectivity index (χ0) is 27.2. The van der Waals surface area contributed by atoms with Crippen molar-refractivity contribution in [2.45, 2.75) is 13.2 Å². The van der Waals surface area contributed by atoms with Crippen LogP contribution in [-0.2, 0) is 23.0 Å². The molecule has 1 atom stereocenters. The highest BCUT2D eigenvalue weighted by Gasteiger charge is 2.24. The summed E-state index contributed by atoms with van der Waals surface area (Å²) in [6.07, 6.45) is 10.8. The number of nitrogens with one attached hydrogen (secondary N) is 1. The van der Waals surface area contributed by atoms with Crippen LogP contribution in [0.2, 0.25) is 0 Å². The maximum atomic E-state index is 13.4. The molecule has 5 rings (SSSR count). The average Bonchev–Trinajstić information content (AvgIpc) is 3.39. The van der Waals surface area contributed by atoms with Gasteiger partial charge in [-0.15, -0.1) is 0 Å². The van der Waals surface area contributed by atoms with Crippen LogP contribution in [0.1, 0.15) is 11.1 Å². The van der Waals surface area contributed by atoms with Crippen LogP contribution in [0.3, 0.4) is 0 Å². The van der Waals surface area contributed by atoms with Crippen LogP contribution in [-0.4, -0.2) is 45.4 Å². The highest BCUT2D eigenvalue weighted by Crippen LogP contribution is 2.29. The quantitative estimate of drug-likeness (QED) is 0.365. The third kappa shape index (κ3) is 7.30. The summed E-state index contributed by atoms with van der Waals surface area (Å²) in [6, 6.07) is 15.7. The molecule has 1 unspecified atom stereocenters. The molecule has 0 spiro atoms. The number of sulfone groups is 1. The van der Waals surface area contributed by atoms with Crippen LogP contribution in [0.15, 0.2) is 99.3 Å². The highest BCUT2D eigenvalue weighted by atomic mass is 32.2. The first-order valence-electron chi connectivity index (χ1n) is 12.5. The number of allylic oxidation sites excluding steroid dienone is 1. The van der Waals surface area contributed by atoms with Gasteiger partial charge < -0.3 is 14.5 Å². The Morgan fingerprint density at radius 3 is 2.82 bits per heavy atom. The second-order valence-electron chi connectivity index (χ2n) is 9.42. The van der Waals surface area contributed by atoms with Crippen molar-refractivity contribution in [3.63, 3.8) is 0 Å². The van der Waals surface area contributed by atoms with E-state index < -0.39 is 9.84 Å². The SMILES string of the molecule is CS(=O)(=O)CCNCc1coc(N2C=CC3C=NCC(=Nc4ccc(OCc5cccc(F)c5)cc4)C3=C2)c1. The first-order chi connectivity index (χ1) is 18.8. The van der Waals surface area contributed by atoms with Crippen LogP contribution in [0.4, 0.5) is 16.0 Å². The molecular weight excluding hydrogens is 519 g/mol. The molecule has 1 aromatic heterocycles. The van der Waals surface area contributed by atoms with Gasteiger partial charge in [-0.05, 0) is 42.0 Å². The molecular formula is C29H29FN4O4S. The van der Waals surface area contributed by atoms with Gasteiger partial charge in [0.15, 0.2) is 0 Å². The summed E-state index contributed by atoms with van der Waals surface area (Å²) in [5.41, 5.74) is 4.36. The van der Waals surface area contributed by atoms with Gasteiger partial charge in [-0.3, -0.25) is 14.9 Å². The molecule has 0 saturated carbocycles. The Balaban J connectivity index is 1.24. The predicted octanol–water partition coefficient (Wildman–Crippen LogP) is 4.82. The first-order valence-corrected chi connectivity index (χ1v) is 14.6. The molecule has 0 fully saturated rings. The van der Waals surface area contributed by atoms with Crippen molar-refractivity contribution in [2.75, 3.05) is 30.0 Å². The minimum Gasteiger partial charge on any atom is -0.489 e. The first kappa shape index (κ1) is 26.6. The topological polar surface area (TPSA) is 96.5 Å². The number of nitrogens with zero attached hydrogens (tertiary/aromatic N) is 3. The van der Waals surface area contributed by atoms with Crippen LogP contribution in [0.25, 0.3) is 0 Å². The molecule has 0 bridgehead atoms. The van der Waals surface area contributed by atoms with Crippen LogP contribution in [0, 0.1) is 11.7 Å². The number of anilines is 1. The van der Waals surface area contributed by atoms with Crippen molar-refractivity contribution in [3.8, 4) is 5.75 Å². The fourth-order valence-corrected chi connectivity index (χ4v) is 4.71. The summed E-state index contributed by atoms with van der Waals surface area (Å²) in [5.74, 6) is 1.16. The van der Waals surface area contributed by atoms with E-state index in [4.69, 9.17) is 14.1 Å². The molecule has 0 radical (unpaired) electrons. The summed E-state index contributed by atoms with van der Waals surface area (Å²) in [7, 11) is -3.00. The third-order valence-corrected chi connectivity index (χ3v) is 7.15. The predicted molar refractivity (Wildman–Crippen MR) is 151 cm³/mol. The molecule has 202 valence electrons. The van der Waals surface area contributed by atoms with Crippen molar-refractivity contribution < 1.29 is 22.0 Å². The van der Waals surface area contributed by atoms with Crippen LogP contribution in [0.5, 0.6) is 5.75 Å². The largest absolute Gasteiger partial charge is 0.489 e. The number of halogens is 1. The lowest BCUT2D eigenvalue weighted by atomic mass is 9.92. The standard InChI is InChI=1S/C29H29FN4O4S/c1-39(35,36)12-10-31-15-22-14-29(38-20-22)34-11-9-23-16-32-17-28(27(23)18-34)33-25-5-7-26(8-6-25)37-19-21-3-2-4-24(30)13-21/h2-9,11,13-14,16,18,20,23,31H,10,12,15,17,19H2,1H3. The average molecular weight is 549 g/mol. The number of fused-ring (bicyclic) bond motifs is 1. The lowest BCUT2D eigenvalue weighted by Crippen LogP contribution is -2.27. The van der Waals surface area contributed by atoms with Crippen molar-refractivity contribution in [1.82, 2.24) is 5.32 Å². The second kappa shape index (κ2) is 11.8. The fraction of sp³-hybridized carbons (Fsp3) is 0.241. The molecule has 2 aliphatic rings. The van der Waals surface area contributed by atoms with E-state index in [1.165, 1.54) is 18.4 Å². The molecule has 8 nitrogen and oxygen atoms in total.